The van der Waals surface area contributed by atoms with Crippen LogP contribution in [-0.4, -0.2) is 21.4 Å². The van der Waals surface area contributed by atoms with E-state index in [0.29, 0.717) is 5.56 Å². The molecule has 0 fully saturated rings. The second kappa shape index (κ2) is 7.24. The van der Waals surface area contributed by atoms with Gasteiger partial charge in [0, 0.05) is 12.1 Å². The molecule has 2 rings (SSSR count). The summed E-state index contributed by atoms with van der Waals surface area (Å²) < 4.78 is 63.2. The third kappa shape index (κ3) is 4.80. The number of alkyl halides is 3. The van der Waals surface area contributed by atoms with Crippen LogP contribution in [0.5, 0.6) is 0 Å². The second-order valence-corrected chi connectivity index (χ2v) is 7.00. The van der Waals surface area contributed by atoms with Crippen molar-refractivity contribution in [2.45, 2.75) is 17.6 Å². The molecule has 1 amide bonds. The van der Waals surface area contributed by atoms with Gasteiger partial charge in [-0.05, 0) is 49.0 Å². The van der Waals surface area contributed by atoms with E-state index in [1.165, 1.54) is 25.2 Å². The number of benzene rings is 2. The van der Waals surface area contributed by atoms with Crippen LogP contribution in [0.4, 0.5) is 13.2 Å². The Balaban J connectivity index is 2.06. The molecule has 9 heteroatoms. The van der Waals surface area contributed by atoms with E-state index in [1.54, 1.807) is 6.07 Å². The molecule has 0 aliphatic heterocycles. The van der Waals surface area contributed by atoms with Crippen LogP contribution in [0, 0.1) is 0 Å². The fourth-order valence-electron chi connectivity index (χ4n) is 2.04. The number of carbonyl (C=O) groups excluding carboxylic acids is 1. The molecular formula is C16H15F3N2O3S. The zero-order valence-corrected chi connectivity index (χ0v) is 13.9. The molecule has 0 aliphatic rings. The number of nitrogens with one attached hydrogen (secondary N) is 2. The Kier molecular flexibility index (Phi) is 5.48. The standard InChI is InChI=1S/C16H15F3N2O3S/c1-20-25(23,24)14-4-2-3-11(9-14)10-21-15(22)12-5-7-13(8-6-12)16(17,18)19/h2-9,20H,10H2,1H3,(H,21,22). The Bertz CT molecular complexity index is 863. The smallest absolute Gasteiger partial charge is 0.348 e. The molecule has 0 bridgehead atoms. The number of sulfonamides is 1. The van der Waals surface area contributed by atoms with E-state index in [0.717, 1.165) is 24.3 Å². The second-order valence-electron chi connectivity index (χ2n) is 5.11. The van der Waals surface area contributed by atoms with Crippen molar-refractivity contribution in [3.8, 4) is 0 Å². The van der Waals surface area contributed by atoms with Crippen molar-refractivity contribution in [2.75, 3.05) is 7.05 Å². The monoisotopic (exact) mass is 372 g/mol. The van der Waals surface area contributed by atoms with Gasteiger partial charge in [-0.2, -0.15) is 13.2 Å². The lowest BCUT2D eigenvalue weighted by Gasteiger charge is -2.09. The zero-order chi connectivity index (χ0) is 18.7. The van der Waals surface area contributed by atoms with E-state index < -0.39 is 27.7 Å². The van der Waals surface area contributed by atoms with Crippen molar-refractivity contribution < 1.29 is 26.4 Å². The summed E-state index contributed by atoms with van der Waals surface area (Å²) in [7, 11) is -2.31. The van der Waals surface area contributed by atoms with Crippen molar-refractivity contribution >= 4 is 15.9 Å². The van der Waals surface area contributed by atoms with Gasteiger partial charge < -0.3 is 5.32 Å². The number of hydrogen-bond acceptors (Lipinski definition) is 3. The summed E-state index contributed by atoms with van der Waals surface area (Å²) in [5, 5.41) is 2.53. The van der Waals surface area contributed by atoms with Crippen LogP contribution in [0.3, 0.4) is 0 Å². The van der Waals surface area contributed by atoms with E-state index >= 15 is 0 Å². The highest BCUT2D eigenvalue weighted by molar-refractivity contribution is 7.89. The molecule has 2 aromatic rings. The van der Waals surface area contributed by atoms with Crippen LogP contribution in [0.1, 0.15) is 21.5 Å². The molecule has 0 unspecified atom stereocenters. The molecule has 0 spiro atoms. The minimum atomic E-state index is -4.46. The first-order chi connectivity index (χ1) is 11.6. The highest BCUT2D eigenvalue weighted by atomic mass is 32.2. The predicted octanol–water partition coefficient (Wildman–Crippen LogP) is 2.54. The van der Waals surface area contributed by atoms with Crippen LogP contribution in [-0.2, 0) is 22.7 Å². The summed E-state index contributed by atoms with van der Waals surface area (Å²) >= 11 is 0. The van der Waals surface area contributed by atoms with Gasteiger partial charge in [0.15, 0.2) is 0 Å². The highest BCUT2D eigenvalue weighted by Gasteiger charge is 2.30. The molecule has 5 nitrogen and oxygen atoms in total. The van der Waals surface area contributed by atoms with Gasteiger partial charge in [0.05, 0.1) is 10.5 Å². The van der Waals surface area contributed by atoms with Gasteiger partial charge in [-0.25, -0.2) is 13.1 Å². The fraction of sp³-hybridized carbons (Fsp3) is 0.188. The van der Waals surface area contributed by atoms with E-state index in [1.807, 2.05) is 0 Å². The lowest BCUT2D eigenvalue weighted by Crippen LogP contribution is -2.23. The largest absolute Gasteiger partial charge is 0.416 e. The van der Waals surface area contributed by atoms with Crippen molar-refractivity contribution in [3.63, 3.8) is 0 Å². The molecule has 134 valence electrons. The topological polar surface area (TPSA) is 75.3 Å². The molecule has 2 N–H and O–H groups in total. The lowest BCUT2D eigenvalue weighted by molar-refractivity contribution is -0.137. The van der Waals surface area contributed by atoms with Crippen molar-refractivity contribution in [1.29, 1.82) is 0 Å². The number of carbonyl (C=O) groups is 1. The lowest BCUT2D eigenvalue weighted by atomic mass is 10.1. The quantitative estimate of drug-likeness (QED) is 0.847. The van der Waals surface area contributed by atoms with Gasteiger partial charge in [0.25, 0.3) is 5.91 Å². The molecule has 25 heavy (non-hydrogen) atoms. The van der Waals surface area contributed by atoms with E-state index in [-0.39, 0.29) is 17.0 Å². The summed E-state index contributed by atoms with van der Waals surface area (Å²) in [4.78, 5) is 12.0. The van der Waals surface area contributed by atoms with Gasteiger partial charge in [-0.1, -0.05) is 12.1 Å². The average Bonchev–Trinajstić information content (AvgIpc) is 2.59. The summed E-state index contributed by atoms with van der Waals surface area (Å²) in [5.41, 5.74) is -0.224. The normalized spacial score (nSPS) is 12.0. The summed E-state index contributed by atoms with van der Waals surface area (Å²) in [6.45, 7) is 0.0347. The van der Waals surface area contributed by atoms with Crippen LogP contribution in [0.15, 0.2) is 53.4 Å². The number of hydrogen-bond donors (Lipinski definition) is 2. The Morgan fingerprint density at radius 1 is 1.08 bits per heavy atom. The highest BCUT2D eigenvalue weighted by Crippen LogP contribution is 2.29. The van der Waals surface area contributed by atoms with Gasteiger partial charge in [-0.15, -0.1) is 0 Å². The molecule has 0 atom stereocenters. The summed E-state index contributed by atoms with van der Waals surface area (Å²) in [6.07, 6.45) is -4.46. The van der Waals surface area contributed by atoms with E-state index in [4.69, 9.17) is 0 Å². The summed E-state index contributed by atoms with van der Waals surface area (Å²) in [5.74, 6) is -0.560. The first kappa shape index (κ1) is 18.9. The van der Waals surface area contributed by atoms with Crippen molar-refractivity contribution in [2.24, 2.45) is 0 Å². The van der Waals surface area contributed by atoms with E-state index in [9.17, 15) is 26.4 Å². The van der Waals surface area contributed by atoms with Crippen LogP contribution < -0.4 is 10.0 Å². The number of rotatable bonds is 5. The van der Waals surface area contributed by atoms with Gasteiger partial charge in [-0.3, -0.25) is 4.79 Å². The van der Waals surface area contributed by atoms with Gasteiger partial charge in [0.2, 0.25) is 10.0 Å². The SMILES string of the molecule is CNS(=O)(=O)c1cccc(CNC(=O)c2ccc(C(F)(F)F)cc2)c1. The Hall–Kier alpha value is -2.39. The Labute approximate surface area is 142 Å². The number of amides is 1. The molecule has 0 radical (unpaired) electrons. The minimum Gasteiger partial charge on any atom is -0.348 e. The minimum absolute atomic E-state index is 0.0347. The van der Waals surface area contributed by atoms with Crippen molar-refractivity contribution in [3.05, 3.63) is 65.2 Å². The maximum atomic E-state index is 12.5. The maximum Gasteiger partial charge on any atom is 0.416 e. The molecule has 2 aromatic carbocycles. The Morgan fingerprint density at radius 2 is 1.72 bits per heavy atom. The Morgan fingerprint density at radius 3 is 2.28 bits per heavy atom. The van der Waals surface area contributed by atoms with Crippen LogP contribution in [0.25, 0.3) is 0 Å². The zero-order valence-electron chi connectivity index (χ0n) is 13.1. The molecular weight excluding hydrogens is 357 g/mol. The molecule has 0 aromatic heterocycles. The summed E-state index contributed by atoms with van der Waals surface area (Å²) in [6, 6.07) is 9.79. The van der Waals surface area contributed by atoms with Crippen LogP contribution >= 0.6 is 0 Å². The molecule has 0 aliphatic carbocycles. The van der Waals surface area contributed by atoms with Crippen LogP contribution in [0.2, 0.25) is 0 Å². The molecule has 0 heterocycles. The first-order valence-electron chi connectivity index (χ1n) is 7.11. The third-order valence-electron chi connectivity index (χ3n) is 3.40. The third-order valence-corrected chi connectivity index (χ3v) is 4.82. The molecule has 0 saturated carbocycles. The van der Waals surface area contributed by atoms with E-state index in [2.05, 4.69) is 10.0 Å². The van der Waals surface area contributed by atoms with Gasteiger partial charge in [0.1, 0.15) is 0 Å². The molecule has 0 saturated heterocycles. The first-order valence-corrected chi connectivity index (χ1v) is 8.60. The van der Waals surface area contributed by atoms with Crippen molar-refractivity contribution in [1.82, 2.24) is 10.0 Å². The number of halogens is 3. The maximum absolute atomic E-state index is 12.5. The fourth-order valence-corrected chi connectivity index (χ4v) is 2.84. The predicted molar refractivity (Wildman–Crippen MR) is 85.3 cm³/mol. The van der Waals surface area contributed by atoms with Gasteiger partial charge >= 0.3 is 6.18 Å². The average molecular weight is 372 g/mol.